The number of benzene rings is 1. The van der Waals surface area contributed by atoms with Crippen LogP contribution in [0.1, 0.15) is 50.2 Å². The predicted octanol–water partition coefficient (Wildman–Crippen LogP) is 3.32. The highest BCUT2D eigenvalue weighted by atomic mass is 35.5. The molecule has 5 heterocycles. The topological polar surface area (TPSA) is 155 Å². The third-order valence-corrected chi connectivity index (χ3v) is 11.2. The zero-order valence-electron chi connectivity index (χ0n) is 23.2. The SMILES string of the molecule is CC1CC2(CCN(C3CCS(=O)(=O)C3)C2)CN1c1cc(C#N)cc(Nc2nc(NC3CC3)n3ncc(C#N)c3n2)c1Cl. The summed E-state index contributed by atoms with van der Waals surface area (Å²) < 4.78 is 25.7. The highest BCUT2D eigenvalue weighted by Gasteiger charge is 2.49. The van der Waals surface area contributed by atoms with Crippen LogP contribution in [-0.4, -0.2) is 82.2 Å². The van der Waals surface area contributed by atoms with E-state index in [2.05, 4.69) is 54.6 Å². The van der Waals surface area contributed by atoms with Crippen LogP contribution in [0.3, 0.4) is 0 Å². The first-order chi connectivity index (χ1) is 20.2. The molecule has 42 heavy (non-hydrogen) atoms. The first kappa shape index (κ1) is 27.2. The van der Waals surface area contributed by atoms with Crippen LogP contribution >= 0.6 is 11.6 Å². The summed E-state index contributed by atoms with van der Waals surface area (Å²) in [6, 6.07) is 8.49. The van der Waals surface area contributed by atoms with Crippen LogP contribution in [0.2, 0.25) is 5.02 Å². The minimum Gasteiger partial charge on any atom is -0.367 e. The molecule has 3 unspecified atom stereocenters. The van der Waals surface area contributed by atoms with Gasteiger partial charge < -0.3 is 15.5 Å². The van der Waals surface area contributed by atoms with E-state index in [4.69, 9.17) is 11.6 Å². The number of halogens is 1. The largest absolute Gasteiger partial charge is 0.367 e. The number of sulfone groups is 1. The normalized spacial score (nSPS) is 27.0. The molecule has 3 aromatic rings. The lowest BCUT2D eigenvalue weighted by Crippen LogP contribution is -2.37. The fourth-order valence-corrected chi connectivity index (χ4v) is 8.92. The van der Waals surface area contributed by atoms with Gasteiger partial charge in [0.15, 0.2) is 15.5 Å². The minimum absolute atomic E-state index is 0.0402. The lowest BCUT2D eigenvalue weighted by molar-refractivity contribution is 0.224. The van der Waals surface area contributed by atoms with Gasteiger partial charge in [0.25, 0.3) is 0 Å². The molecule has 2 N–H and O–H groups in total. The second-order valence-electron chi connectivity index (χ2n) is 12.2. The summed E-state index contributed by atoms with van der Waals surface area (Å²) in [7, 11) is -2.94. The van der Waals surface area contributed by atoms with Gasteiger partial charge >= 0.3 is 0 Å². The summed E-state index contributed by atoms with van der Waals surface area (Å²) in [5.74, 6) is 1.27. The fourth-order valence-electron chi connectivity index (χ4n) is 6.89. The Bertz CT molecular complexity index is 1780. The van der Waals surface area contributed by atoms with Gasteiger partial charge in [-0.05, 0) is 57.7 Å². The second-order valence-corrected chi connectivity index (χ2v) is 14.9. The van der Waals surface area contributed by atoms with Crippen LogP contribution in [0.4, 0.5) is 23.3 Å². The van der Waals surface area contributed by atoms with Crippen molar-refractivity contribution >= 4 is 50.4 Å². The number of nitrogens with zero attached hydrogens (tertiary/aromatic N) is 8. The van der Waals surface area contributed by atoms with Crippen molar-refractivity contribution < 1.29 is 8.42 Å². The van der Waals surface area contributed by atoms with Crippen molar-refractivity contribution in [1.29, 1.82) is 10.5 Å². The Morgan fingerprint density at radius 2 is 1.98 bits per heavy atom. The summed E-state index contributed by atoms with van der Waals surface area (Å²) in [5, 5.41) is 30.8. The summed E-state index contributed by atoms with van der Waals surface area (Å²) in [5.41, 5.74) is 2.47. The van der Waals surface area contributed by atoms with Gasteiger partial charge in [0.2, 0.25) is 11.9 Å². The van der Waals surface area contributed by atoms with E-state index in [-0.39, 0.29) is 35.0 Å². The molecule has 1 aliphatic carbocycles. The van der Waals surface area contributed by atoms with E-state index in [1.165, 1.54) is 10.7 Å². The van der Waals surface area contributed by atoms with E-state index in [1.54, 1.807) is 6.07 Å². The van der Waals surface area contributed by atoms with E-state index in [0.717, 1.165) is 51.0 Å². The molecule has 14 heteroatoms. The van der Waals surface area contributed by atoms with Crippen LogP contribution in [-0.2, 0) is 9.84 Å². The standard InChI is InChI=1S/C28H31ClN10O2S/c1-17-10-28(5-6-37(15-28)21-4-7-42(40,41)14-21)16-38(17)23-9-18(11-30)8-22(24(23)29)34-26-35-25-19(12-31)13-32-39(25)27(36-26)33-20-2-3-20/h8-9,13,17,20-21H,2-7,10,14-16H2,1H3,(H2,33,34,35,36). The molecular weight excluding hydrogens is 576 g/mol. The summed E-state index contributed by atoms with van der Waals surface area (Å²) >= 11 is 7.05. The molecule has 12 nitrogen and oxygen atoms in total. The number of nitriles is 2. The predicted molar refractivity (Wildman–Crippen MR) is 159 cm³/mol. The van der Waals surface area contributed by atoms with E-state index >= 15 is 0 Å². The molecule has 3 aliphatic heterocycles. The van der Waals surface area contributed by atoms with Gasteiger partial charge in [-0.25, -0.2) is 8.42 Å². The zero-order chi connectivity index (χ0) is 29.2. The van der Waals surface area contributed by atoms with E-state index in [9.17, 15) is 18.9 Å². The van der Waals surface area contributed by atoms with Crippen LogP contribution < -0.4 is 15.5 Å². The lowest BCUT2D eigenvalue weighted by atomic mass is 9.85. The second kappa shape index (κ2) is 9.97. The Balaban J connectivity index is 1.18. The van der Waals surface area contributed by atoms with Crippen molar-refractivity contribution in [3.8, 4) is 12.1 Å². The number of aromatic nitrogens is 4. The third kappa shape index (κ3) is 4.89. The van der Waals surface area contributed by atoms with Gasteiger partial charge in [-0.2, -0.15) is 30.1 Å². The molecule has 0 bridgehead atoms. The van der Waals surface area contributed by atoms with Crippen molar-refractivity contribution in [2.75, 3.05) is 46.7 Å². The van der Waals surface area contributed by atoms with E-state index < -0.39 is 9.84 Å². The van der Waals surface area contributed by atoms with Gasteiger partial charge in [0.05, 0.1) is 45.7 Å². The van der Waals surface area contributed by atoms with E-state index in [1.807, 2.05) is 6.07 Å². The number of hydrogen-bond donors (Lipinski definition) is 2. The maximum absolute atomic E-state index is 12.1. The van der Waals surface area contributed by atoms with Gasteiger partial charge in [-0.3, -0.25) is 4.90 Å². The average molecular weight is 607 g/mol. The first-order valence-electron chi connectivity index (χ1n) is 14.3. The van der Waals surface area contributed by atoms with E-state index in [0.29, 0.717) is 45.9 Å². The fraction of sp³-hybridized carbons (Fsp3) is 0.536. The summed E-state index contributed by atoms with van der Waals surface area (Å²) in [6.45, 7) is 4.72. The number of anilines is 4. The van der Waals surface area contributed by atoms with Crippen LogP contribution in [0, 0.1) is 28.1 Å². The van der Waals surface area contributed by atoms with Crippen molar-refractivity contribution in [2.24, 2.45) is 5.41 Å². The third-order valence-electron chi connectivity index (χ3n) is 9.10. The smallest absolute Gasteiger partial charge is 0.232 e. The molecule has 1 spiro atoms. The Hall–Kier alpha value is -3.65. The van der Waals surface area contributed by atoms with Crippen molar-refractivity contribution in [3.05, 3.63) is 34.5 Å². The van der Waals surface area contributed by atoms with Gasteiger partial charge in [-0.15, -0.1) is 0 Å². The molecule has 0 amide bonds. The first-order valence-corrected chi connectivity index (χ1v) is 16.5. The molecule has 4 aliphatic rings. The number of likely N-dealkylation sites (tertiary alicyclic amines) is 1. The van der Waals surface area contributed by atoms with Crippen molar-refractivity contribution in [3.63, 3.8) is 0 Å². The van der Waals surface area contributed by atoms with Crippen molar-refractivity contribution in [2.45, 2.75) is 57.2 Å². The van der Waals surface area contributed by atoms with Gasteiger partial charge in [-0.1, -0.05) is 11.6 Å². The molecule has 2 aromatic heterocycles. The summed E-state index contributed by atoms with van der Waals surface area (Å²) in [6.07, 6.45) is 6.21. The lowest BCUT2D eigenvalue weighted by Gasteiger charge is -2.29. The monoisotopic (exact) mass is 606 g/mol. The van der Waals surface area contributed by atoms with Crippen LogP contribution in [0.15, 0.2) is 18.3 Å². The number of nitrogens with one attached hydrogen (secondary N) is 2. The maximum Gasteiger partial charge on any atom is 0.232 e. The van der Waals surface area contributed by atoms with Gasteiger partial charge in [0, 0.05) is 36.6 Å². The quantitative estimate of drug-likeness (QED) is 0.424. The number of fused-ring (bicyclic) bond motifs is 1. The van der Waals surface area contributed by atoms with Crippen molar-refractivity contribution in [1.82, 2.24) is 24.5 Å². The average Bonchev–Trinajstić information content (AvgIpc) is 3.25. The maximum atomic E-state index is 12.1. The zero-order valence-corrected chi connectivity index (χ0v) is 24.8. The molecule has 3 atom stereocenters. The molecule has 7 rings (SSSR count). The Morgan fingerprint density at radius 1 is 1.14 bits per heavy atom. The number of hydrogen-bond acceptors (Lipinski definition) is 11. The molecule has 4 fully saturated rings. The minimum atomic E-state index is -2.94. The molecular formula is C28H31ClN10O2S. The highest BCUT2D eigenvalue weighted by molar-refractivity contribution is 7.91. The Labute approximate surface area is 249 Å². The Morgan fingerprint density at radius 3 is 2.69 bits per heavy atom. The highest BCUT2D eigenvalue weighted by Crippen LogP contribution is 2.48. The van der Waals surface area contributed by atoms with Crippen LogP contribution in [0.25, 0.3) is 5.65 Å². The Kier molecular flexibility index (Phi) is 6.46. The molecule has 3 saturated heterocycles. The molecule has 1 saturated carbocycles. The molecule has 218 valence electrons. The number of rotatable bonds is 6. The summed E-state index contributed by atoms with van der Waals surface area (Å²) in [4.78, 5) is 13.8. The molecule has 0 radical (unpaired) electrons. The van der Waals surface area contributed by atoms with Crippen LogP contribution in [0.5, 0.6) is 0 Å². The molecule has 1 aromatic carbocycles. The van der Waals surface area contributed by atoms with Gasteiger partial charge in [0.1, 0.15) is 11.6 Å².